The van der Waals surface area contributed by atoms with Crippen molar-refractivity contribution in [3.05, 3.63) is 82.2 Å². The molecule has 0 aliphatic carbocycles. The van der Waals surface area contributed by atoms with Crippen molar-refractivity contribution in [2.24, 2.45) is 0 Å². The Morgan fingerprint density at radius 3 is 2.58 bits per heavy atom. The Morgan fingerprint density at radius 1 is 1.06 bits per heavy atom. The second-order valence-corrected chi connectivity index (χ2v) is 7.60. The maximum Gasteiger partial charge on any atom is 0.270 e. The maximum atomic E-state index is 12.9. The lowest BCUT2D eigenvalue weighted by molar-refractivity contribution is -0.384. The molecule has 4 rings (SSSR count). The zero-order chi connectivity index (χ0) is 21.6. The minimum atomic E-state index is -0.465. The average Bonchev–Trinajstić information content (AvgIpc) is 3.28. The fourth-order valence-electron chi connectivity index (χ4n) is 3.85. The number of non-ortho nitro benzene ring substituents is 1. The zero-order valence-electron chi connectivity index (χ0n) is 17.2. The molecular formula is C23H25N5O3. The van der Waals surface area contributed by atoms with Gasteiger partial charge in [-0.25, -0.2) is 4.68 Å². The highest BCUT2D eigenvalue weighted by molar-refractivity contribution is 6.00. The first kappa shape index (κ1) is 20.6. The summed E-state index contributed by atoms with van der Waals surface area (Å²) < 4.78 is 1.80. The molecule has 31 heavy (non-hydrogen) atoms. The standard InChI is InChI=1S/C23H25N5O3/c29-23(24-13-11-18-12-16-27(25-18)19-7-3-1-4-8-19)21-17-20(28(30)31)9-10-22(21)26-14-5-2-6-15-26/h1,3-4,7-10,12,16-17H,2,5-6,11,13-15H2,(H,24,29). The number of nitrogens with zero attached hydrogens (tertiary/aromatic N) is 4. The van der Waals surface area contributed by atoms with E-state index in [0.29, 0.717) is 18.5 Å². The Bertz CT molecular complexity index is 1060. The predicted octanol–water partition coefficient (Wildman–Crippen LogP) is 3.74. The smallest absolute Gasteiger partial charge is 0.270 e. The van der Waals surface area contributed by atoms with Gasteiger partial charge in [0.2, 0.25) is 0 Å². The quantitative estimate of drug-likeness (QED) is 0.465. The third kappa shape index (κ3) is 4.91. The van der Waals surface area contributed by atoms with E-state index in [1.54, 1.807) is 10.7 Å². The number of nitro benzene ring substituents is 1. The molecular weight excluding hydrogens is 394 g/mol. The van der Waals surface area contributed by atoms with Crippen molar-refractivity contribution in [3.63, 3.8) is 0 Å². The number of nitrogens with one attached hydrogen (secondary N) is 1. The van der Waals surface area contributed by atoms with Gasteiger partial charge < -0.3 is 10.2 Å². The van der Waals surface area contributed by atoms with Gasteiger partial charge in [0.15, 0.2) is 0 Å². The summed E-state index contributed by atoms with van der Waals surface area (Å²) in [6.45, 7) is 2.11. The number of aromatic nitrogens is 2. The largest absolute Gasteiger partial charge is 0.371 e. The zero-order valence-corrected chi connectivity index (χ0v) is 17.2. The number of benzene rings is 2. The van der Waals surface area contributed by atoms with E-state index in [9.17, 15) is 14.9 Å². The van der Waals surface area contributed by atoms with Crippen molar-refractivity contribution in [1.29, 1.82) is 0 Å². The van der Waals surface area contributed by atoms with E-state index in [-0.39, 0.29) is 11.6 Å². The third-order valence-electron chi connectivity index (χ3n) is 5.46. The Morgan fingerprint density at radius 2 is 1.84 bits per heavy atom. The van der Waals surface area contributed by atoms with Crippen molar-refractivity contribution in [3.8, 4) is 5.69 Å². The number of carbonyl (C=O) groups excluding carboxylic acids is 1. The highest BCUT2D eigenvalue weighted by atomic mass is 16.6. The van der Waals surface area contributed by atoms with Gasteiger partial charge in [-0.15, -0.1) is 0 Å². The molecule has 0 spiro atoms. The molecule has 8 nitrogen and oxygen atoms in total. The van der Waals surface area contributed by atoms with E-state index in [1.165, 1.54) is 18.6 Å². The molecule has 0 radical (unpaired) electrons. The molecule has 8 heteroatoms. The van der Waals surface area contributed by atoms with Gasteiger partial charge in [-0.2, -0.15) is 5.10 Å². The second-order valence-electron chi connectivity index (χ2n) is 7.60. The van der Waals surface area contributed by atoms with Gasteiger partial charge in [0.25, 0.3) is 11.6 Å². The van der Waals surface area contributed by atoms with Crippen LogP contribution in [0.2, 0.25) is 0 Å². The van der Waals surface area contributed by atoms with Crippen molar-refractivity contribution >= 4 is 17.3 Å². The van der Waals surface area contributed by atoms with Crippen LogP contribution in [-0.2, 0) is 6.42 Å². The van der Waals surface area contributed by atoms with E-state index < -0.39 is 4.92 Å². The summed E-state index contributed by atoms with van der Waals surface area (Å²) in [4.78, 5) is 25.8. The van der Waals surface area contributed by atoms with Gasteiger partial charge >= 0.3 is 0 Å². The lowest BCUT2D eigenvalue weighted by atomic mass is 10.1. The lowest BCUT2D eigenvalue weighted by Crippen LogP contribution is -2.33. The number of piperidine rings is 1. The number of para-hydroxylation sites is 1. The number of carbonyl (C=O) groups is 1. The highest BCUT2D eigenvalue weighted by Crippen LogP contribution is 2.28. The molecule has 0 bridgehead atoms. The normalized spacial score (nSPS) is 13.7. The van der Waals surface area contributed by atoms with Crippen LogP contribution in [0.4, 0.5) is 11.4 Å². The van der Waals surface area contributed by atoms with E-state index in [2.05, 4.69) is 15.3 Å². The molecule has 1 aliphatic rings. The fraction of sp³-hybridized carbons (Fsp3) is 0.304. The molecule has 1 aromatic heterocycles. The predicted molar refractivity (Wildman–Crippen MR) is 119 cm³/mol. The van der Waals surface area contributed by atoms with Crippen LogP contribution in [0.25, 0.3) is 5.69 Å². The van der Waals surface area contributed by atoms with Gasteiger partial charge in [-0.1, -0.05) is 18.2 Å². The topological polar surface area (TPSA) is 93.3 Å². The minimum absolute atomic E-state index is 0.0764. The average molecular weight is 419 g/mol. The molecule has 1 N–H and O–H groups in total. The van der Waals surface area contributed by atoms with Crippen molar-refractivity contribution < 1.29 is 9.72 Å². The second kappa shape index (κ2) is 9.42. The summed E-state index contributed by atoms with van der Waals surface area (Å²) in [5.74, 6) is -0.299. The number of nitro groups is 1. The first-order valence-corrected chi connectivity index (χ1v) is 10.5. The third-order valence-corrected chi connectivity index (χ3v) is 5.46. The van der Waals surface area contributed by atoms with Crippen molar-refractivity contribution in [2.75, 3.05) is 24.5 Å². The van der Waals surface area contributed by atoms with Gasteiger partial charge in [-0.3, -0.25) is 14.9 Å². The van der Waals surface area contributed by atoms with Crippen LogP contribution in [0.5, 0.6) is 0 Å². The summed E-state index contributed by atoms with van der Waals surface area (Å²) >= 11 is 0. The summed E-state index contributed by atoms with van der Waals surface area (Å²) in [6.07, 6.45) is 5.74. The van der Waals surface area contributed by atoms with Gasteiger partial charge in [0.05, 0.1) is 27.6 Å². The van der Waals surface area contributed by atoms with Crippen LogP contribution >= 0.6 is 0 Å². The molecule has 3 aromatic rings. The van der Waals surface area contributed by atoms with E-state index >= 15 is 0 Å². The monoisotopic (exact) mass is 419 g/mol. The summed E-state index contributed by atoms with van der Waals surface area (Å²) in [6, 6.07) is 16.3. The number of amides is 1. The minimum Gasteiger partial charge on any atom is -0.371 e. The maximum absolute atomic E-state index is 12.9. The number of rotatable bonds is 7. The molecule has 0 atom stereocenters. The molecule has 1 fully saturated rings. The van der Waals surface area contributed by atoms with Gasteiger partial charge in [0.1, 0.15) is 0 Å². The number of anilines is 1. The van der Waals surface area contributed by atoms with Gasteiger partial charge in [-0.05, 0) is 43.5 Å². The van der Waals surface area contributed by atoms with Crippen LogP contribution in [0.3, 0.4) is 0 Å². The Kier molecular flexibility index (Phi) is 6.26. The summed E-state index contributed by atoms with van der Waals surface area (Å²) in [7, 11) is 0. The Labute approximate surface area is 180 Å². The van der Waals surface area contributed by atoms with Crippen LogP contribution < -0.4 is 10.2 Å². The van der Waals surface area contributed by atoms with Crippen LogP contribution in [0, 0.1) is 10.1 Å². The van der Waals surface area contributed by atoms with E-state index in [0.717, 1.165) is 43.0 Å². The Hall–Kier alpha value is -3.68. The van der Waals surface area contributed by atoms with Crippen molar-refractivity contribution in [1.82, 2.24) is 15.1 Å². The lowest BCUT2D eigenvalue weighted by Gasteiger charge is -2.30. The van der Waals surface area contributed by atoms with Gasteiger partial charge in [0, 0.05) is 44.4 Å². The molecule has 2 aromatic carbocycles. The summed E-state index contributed by atoms with van der Waals surface area (Å²) in [5.41, 5.74) is 2.87. The molecule has 0 unspecified atom stereocenters. The van der Waals surface area contributed by atoms with Crippen molar-refractivity contribution in [2.45, 2.75) is 25.7 Å². The molecule has 2 heterocycles. The van der Waals surface area contributed by atoms with Crippen LogP contribution in [0.15, 0.2) is 60.8 Å². The first-order valence-electron chi connectivity index (χ1n) is 10.5. The molecule has 160 valence electrons. The molecule has 1 saturated heterocycles. The van der Waals surface area contributed by atoms with Crippen LogP contribution in [-0.4, -0.2) is 40.2 Å². The Balaban J connectivity index is 1.43. The van der Waals surface area contributed by atoms with Crippen LogP contribution in [0.1, 0.15) is 35.3 Å². The molecule has 1 aliphatic heterocycles. The molecule has 0 saturated carbocycles. The SMILES string of the molecule is O=C(NCCc1ccn(-c2ccccc2)n1)c1cc([N+](=O)[O-])ccc1N1CCCCC1. The van der Waals surface area contributed by atoms with E-state index in [1.807, 2.05) is 42.6 Å². The molecule has 1 amide bonds. The number of hydrogen-bond acceptors (Lipinski definition) is 5. The summed E-state index contributed by atoms with van der Waals surface area (Å²) in [5, 5.41) is 18.7. The number of hydrogen-bond donors (Lipinski definition) is 1. The van der Waals surface area contributed by atoms with E-state index in [4.69, 9.17) is 0 Å². The first-order chi connectivity index (χ1) is 15.1. The highest BCUT2D eigenvalue weighted by Gasteiger charge is 2.21. The fourth-order valence-corrected chi connectivity index (χ4v) is 3.85.